The molecular weight excluding hydrogens is 417 g/mol. The van der Waals surface area contributed by atoms with Crippen LogP contribution in [-0.4, -0.2) is 18.2 Å². The van der Waals surface area contributed by atoms with Crippen molar-refractivity contribution in [3.8, 4) is 0 Å². The summed E-state index contributed by atoms with van der Waals surface area (Å²) in [4.78, 5) is 0.0115. The van der Waals surface area contributed by atoms with Crippen LogP contribution in [0, 0.1) is 42.9 Å². The van der Waals surface area contributed by atoms with E-state index in [9.17, 15) is 30.4 Å². The van der Waals surface area contributed by atoms with E-state index in [0.717, 1.165) is 16.4 Å². The molecule has 29 heavy (non-hydrogen) atoms. The molecular formula is C18H14F5N3O2S. The van der Waals surface area contributed by atoms with Crippen LogP contribution in [0.2, 0.25) is 0 Å². The molecule has 0 saturated heterocycles. The Labute approximate surface area is 162 Å². The molecule has 11 heteroatoms. The second-order valence-electron chi connectivity index (χ2n) is 6.32. The van der Waals surface area contributed by atoms with Crippen molar-refractivity contribution in [1.82, 2.24) is 9.78 Å². The highest BCUT2D eigenvalue weighted by Gasteiger charge is 2.26. The Kier molecular flexibility index (Phi) is 5.35. The van der Waals surface area contributed by atoms with Gasteiger partial charge in [0.2, 0.25) is 5.82 Å². The van der Waals surface area contributed by atoms with Gasteiger partial charge in [0.15, 0.2) is 29.1 Å². The molecule has 0 radical (unpaired) electrons. The quantitative estimate of drug-likeness (QED) is 0.377. The van der Waals surface area contributed by atoms with E-state index in [4.69, 9.17) is 0 Å². The second-order valence-corrected chi connectivity index (χ2v) is 7.97. The van der Waals surface area contributed by atoms with Gasteiger partial charge in [0.05, 0.1) is 17.0 Å². The molecule has 0 atom stereocenters. The molecule has 0 fully saturated rings. The average molecular weight is 431 g/mol. The van der Waals surface area contributed by atoms with Gasteiger partial charge in [-0.2, -0.15) is 5.10 Å². The van der Waals surface area contributed by atoms with Gasteiger partial charge < -0.3 is 0 Å². The molecule has 3 rings (SSSR count). The Morgan fingerprint density at radius 1 is 0.931 bits per heavy atom. The first kappa shape index (κ1) is 20.8. The smallest absolute Gasteiger partial charge is 0.263 e. The largest absolute Gasteiger partial charge is 0.266 e. The van der Waals surface area contributed by atoms with Gasteiger partial charge in [-0.05, 0) is 25.5 Å². The first-order chi connectivity index (χ1) is 13.5. The molecule has 0 amide bonds. The summed E-state index contributed by atoms with van der Waals surface area (Å²) in [6.45, 7) is 2.62. The van der Waals surface area contributed by atoms with Gasteiger partial charge in [0.1, 0.15) is 0 Å². The van der Waals surface area contributed by atoms with Crippen LogP contribution in [0.15, 0.2) is 35.4 Å². The minimum absolute atomic E-state index is 0.0115. The molecule has 0 bridgehead atoms. The summed E-state index contributed by atoms with van der Waals surface area (Å²) >= 11 is 0. The lowest BCUT2D eigenvalue weighted by molar-refractivity contribution is 0.367. The van der Waals surface area contributed by atoms with Crippen LogP contribution in [0.4, 0.5) is 27.8 Å². The molecule has 1 N–H and O–H groups in total. The maximum Gasteiger partial charge on any atom is 0.263 e. The van der Waals surface area contributed by atoms with Gasteiger partial charge in [0, 0.05) is 12.3 Å². The average Bonchev–Trinajstić information content (AvgIpc) is 3.08. The Bertz CT molecular complexity index is 1180. The number of hydrogen-bond acceptors (Lipinski definition) is 3. The Balaban J connectivity index is 1.87. The second kappa shape index (κ2) is 7.47. The van der Waals surface area contributed by atoms with Gasteiger partial charge in [-0.1, -0.05) is 17.7 Å². The molecule has 154 valence electrons. The summed E-state index contributed by atoms with van der Waals surface area (Å²) < 4.78 is 95.4. The molecule has 1 aromatic heterocycles. The number of sulfonamides is 1. The fourth-order valence-electron chi connectivity index (χ4n) is 2.75. The predicted molar refractivity (Wildman–Crippen MR) is 94.3 cm³/mol. The number of hydrogen-bond donors (Lipinski definition) is 1. The van der Waals surface area contributed by atoms with Gasteiger partial charge >= 0.3 is 0 Å². The lowest BCUT2D eigenvalue weighted by Crippen LogP contribution is -2.15. The van der Waals surface area contributed by atoms with Crippen LogP contribution in [0.5, 0.6) is 0 Å². The van der Waals surface area contributed by atoms with Crippen molar-refractivity contribution >= 4 is 15.8 Å². The van der Waals surface area contributed by atoms with E-state index in [-0.39, 0.29) is 10.7 Å². The zero-order valence-corrected chi connectivity index (χ0v) is 15.9. The molecule has 0 aliphatic rings. The molecule has 0 spiro atoms. The standard InChI is InChI=1S/C18H14F5N3O2S/c1-9-3-4-12(10(2)7-9)29(27,28)25-13-5-6-26(24-13)8-11-14(19)16(21)18(23)17(22)15(11)20/h3-7H,8H2,1-2H3,(H,24,25). The highest BCUT2D eigenvalue weighted by molar-refractivity contribution is 7.92. The number of benzene rings is 2. The van der Waals surface area contributed by atoms with Gasteiger partial charge in [-0.15, -0.1) is 0 Å². The maximum absolute atomic E-state index is 13.8. The van der Waals surface area contributed by atoms with E-state index in [1.54, 1.807) is 26.0 Å². The minimum atomic E-state index is -4.00. The lowest BCUT2D eigenvalue weighted by Gasteiger charge is -2.10. The van der Waals surface area contributed by atoms with Gasteiger partial charge in [-0.25, -0.2) is 30.4 Å². The third kappa shape index (κ3) is 3.95. The molecule has 0 unspecified atom stereocenters. The SMILES string of the molecule is Cc1ccc(S(=O)(=O)Nc2ccn(Cc3c(F)c(F)c(F)c(F)c3F)n2)c(C)c1. The Morgan fingerprint density at radius 2 is 1.52 bits per heavy atom. The number of aryl methyl sites for hydroxylation is 2. The highest BCUT2D eigenvalue weighted by Crippen LogP contribution is 2.24. The zero-order valence-electron chi connectivity index (χ0n) is 15.1. The van der Waals surface area contributed by atoms with E-state index >= 15 is 0 Å². The van der Waals surface area contributed by atoms with Crippen LogP contribution in [-0.2, 0) is 16.6 Å². The maximum atomic E-state index is 13.8. The van der Waals surface area contributed by atoms with Crippen molar-refractivity contribution < 1.29 is 30.4 Å². The third-order valence-corrected chi connectivity index (χ3v) is 5.64. The van der Waals surface area contributed by atoms with Crippen LogP contribution in [0.1, 0.15) is 16.7 Å². The summed E-state index contributed by atoms with van der Waals surface area (Å²) in [5.41, 5.74) is 0.278. The van der Waals surface area contributed by atoms with Crippen molar-refractivity contribution in [3.63, 3.8) is 0 Å². The fourth-order valence-corrected chi connectivity index (χ4v) is 3.97. The summed E-state index contributed by atoms with van der Waals surface area (Å²) in [6, 6.07) is 5.89. The zero-order chi connectivity index (χ0) is 21.5. The summed E-state index contributed by atoms with van der Waals surface area (Å²) in [7, 11) is -4.00. The van der Waals surface area contributed by atoms with E-state index in [1.165, 1.54) is 12.1 Å². The molecule has 2 aromatic carbocycles. The van der Waals surface area contributed by atoms with Crippen molar-refractivity contribution in [2.45, 2.75) is 25.3 Å². The predicted octanol–water partition coefficient (Wildman–Crippen LogP) is 4.04. The van der Waals surface area contributed by atoms with Gasteiger partial charge in [0.25, 0.3) is 10.0 Å². The van der Waals surface area contributed by atoms with Crippen molar-refractivity contribution in [1.29, 1.82) is 0 Å². The molecule has 0 saturated carbocycles. The Hall–Kier alpha value is -2.95. The number of halogens is 5. The summed E-state index contributed by atoms with van der Waals surface area (Å²) in [5, 5.41) is 3.78. The topological polar surface area (TPSA) is 64.0 Å². The molecule has 3 aromatic rings. The summed E-state index contributed by atoms with van der Waals surface area (Å²) in [6.07, 6.45) is 1.14. The van der Waals surface area contributed by atoms with Gasteiger partial charge in [-0.3, -0.25) is 9.40 Å². The molecule has 0 aliphatic heterocycles. The fraction of sp³-hybridized carbons (Fsp3) is 0.167. The van der Waals surface area contributed by atoms with Crippen molar-refractivity contribution in [2.24, 2.45) is 0 Å². The highest BCUT2D eigenvalue weighted by atomic mass is 32.2. The van der Waals surface area contributed by atoms with E-state index in [0.29, 0.717) is 5.56 Å². The third-order valence-electron chi connectivity index (χ3n) is 4.12. The van der Waals surface area contributed by atoms with E-state index in [2.05, 4.69) is 9.82 Å². The van der Waals surface area contributed by atoms with E-state index in [1.807, 2.05) is 0 Å². The summed E-state index contributed by atoms with van der Waals surface area (Å²) in [5.74, 6) is -10.5. The molecule has 1 heterocycles. The van der Waals surface area contributed by atoms with Crippen molar-refractivity contribution in [3.05, 3.63) is 76.2 Å². The number of aromatic nitrogens is 2. The number of anilines is 1. The number of nitrogens with zero attached hydrogens (tertiary/aromatic N) is 2. The monoisotopic (exact) mass is 431 g/mol. The molecule has 5 nitrogen and oxygen atoms in total. The van der Waals surface area contributed by atoms with E-state index < -0.39 is 51.2 Å². The van der Waals surface area contributed by atoms with Crippen LogP contribution < -0.4 is 4.72 Å². The number of rotatable bonds is 5. The first-order valence-electron chi connectivity index (χ1n) is 8.15. The first-order valence-corrected chi connectivity index (χ1v) is 9.63. The lowest BCUT2D eigenvalue weighted by atomic mass is 10.1. The van der Waals surface area contributed by atoms with Crippen LogP contribution in [0.25, 0.3) is 0 Å². The van der Waals surface area contributed by atoms with Crippen LogP contribution >= 0.6 is 0 Å². The minimum Gasteiger partial charge on any atom is -0.266 e. The van der Waals surface area contributed by atoms with Crippen molar-refractivity contribution in [2.75, 3.05) is 4.72 Å². The van der Waals surface area contributed by atoms with Crippen LogP contribution in [0.3, 0.4) is 0 Å². The Morgan fingerprint density at radius 3 is 2.10 bits per heavy atom. The number of nitrogens with one attached hydrogen (secondary N) is 1. The molecule has 0 aliphatic carbocycles. The normalized spacial score (nSPS) is 11.7.